The van der Waals surface area contributed by atoms with Crippen molar-refractivity contribution in [3.63, 3.8) is 0 Å². The highest BCUT2D eigenvalue weighted by Crippen LogP contribution is 2.34. The van der Waals surface area contributed by atoms with Crippen LogP contribution < -0.4 is 0 Å². The van der Waals surface area contributed by atoms with E-state index in [1.807, 2.05) is 18.0 Å². The lowest BCUT2D eigenvalue weighted by molar-refractivity contribution is -0.130. The molecular weight excluding hydrogens is 350 g/mol. The average molecular weight is 378 g/mol. The molecule has 2 fully saturated rings. The molecule has 7 heteroatoms. The van der Waals surface area contributed by atoms with Gasteiger partial charge < -0.3 is 4.90 Å². The monoisotopic (exact) mass is 377 g/mol. The average Bonchev–Trinajstić information content (AvgIpc) is 2.80. The summed E-state index contributed by atoms with van der Waals surface area (Å²) in [5.41, 5.74) is -0.300. The van der Waals surface area contributed by atoms with Crippen molar-refractivity contribution in [3.8, 4) is 0 Å². The van der Waals surface area contributed by atoms with Crippen LogP contribution in [0.5, 0.6) is 0 Å². The molecule has 0 unspecified atom stereocenters. The zero-order valence-electron chi connectivity index (χ0n) is 15.3. The van der Waals surface area contributed by atoms with Crippen molar-refractivity contribution in [2.45, 2.75) is 29.7 Å². The highest BCUT2D eigenvalue weighted by molar-refractivity contribution is 7.89. The van der Waals surface area contributed by atoms with E-state index in [9.17, 15) is 13.2 Å². The quantitative estimate of drug-likeness (QED) is 0.747. The number of amides is 1. The number of hydrogen-bond donors (Lipinski definition) is 0. The lowest BCUT2D eigenvalue weighted by Gasteiger charge is -2.48. The van der Waals surface area contributed by atoms with Crippen LogP contribution in [-0.4, -0.2) is 73.7 Å². The van der Waals surface area contributed by atoms with Gasteiger partial charge in [-0.05, 0) is 32.0 Å². The van der Waals surface area contributed by atoms with Crippen molar-refractivity contribution < 1.29 is 13.2 Å². The standard InChI is InChI=1S/C19H27N3O3S/c1-3-12-21-13-11-19(10-9-18(21)23)16-22(15-14-20(19)2)26(24,25)17-7-5-4-6-8-17/h3-8H,1,9-16H2,2H3/t19-/m1/s1. The van der Waals surface area contributed by atoms with Gasteiger partial charge in [0.2, 0.25) is 15.9 Å². The molecule has 1 aromatic rings. The topological polar surface area (TPSA) is 60.9 Å². The largest absolute Gasteiger partial charge is 0.339 e. The minimum absolute atomic E-state index is 0.123. The van der Waals surface area contributed by atoms with E-state index >= 15 is 0 Å². The summed E-state index contributed by atoms with van der Waals surface area (Å²) >= 11 is 0. The van der Waals surface area contributed by atoms with Crippen molar-refractivity contribution in [1.82, 2.24) is 14.1 Å². The van der Waals surface area contributed by atoms with Gasteiger partial charge in [-0.3, -0.25) is 9.69 Å². The lowest BCUT2D eigenvalue weighted by atomic mass is 9.87. The Bertz CT molecular complexity index is 765. The SMILES string of the molecule is C=CCN1CC[C@]2(CCC1=O)CN(S(=O)(=O)c1ccccc1)CCN2C. The summed E-state index contributed by atoms with van der Waals surface area (Å²) in [6.07, 6.45) is 3.63. The van der Waals surface area contributed by atoms with Crippen molar-refractivity contribution in [3.05, 3.63) is 43.0 Å². The van der Waals surface area contributed by atoms with Crippen LogP contribution in [0.15, 0.2) is 47.9 Å². The van der Waals surface area contributed by atoms with Gasteiger partial charge in [0.25, 0.3) is 0 Å². The zero-order valence-corrected chi connectivity index (χ0v) is 16.1. The first kappa shape index (κ1) is 19.1. The Balaban J connectivity index is 1.84. The van der Waals surface area contributed by atoms with E-state index in [4.69, 9.17) is 0 Å². The molecule has 0 N–H and O–H groups in total. The molecule has 0 aromatic heterocycles. The smallest absolute Gasteiger partial charge is 0.243 e. The van der Waals surface area contributed by atoms with E-state index < -0.39 is 10.0 Å². The second kappa shape index (κ2) is 7.50. The van der Waals surface area contributed by atoms with Crippen molar-refractivity contribution in [2.24, 2.45) is 0 Å². The number of rotatable bonds is 4. The van der Waals surface area contributed by atoms with E-state index in [-0.39, 0.29) is 11.4 Å². The van der Waals surface area contributed by atoms with Crippen LogP contribution in [0.2, 0.25) is 0 Å². The molecule has 142 valence electrons. The molecule has 2 aliphatic heterocycles. The molecule has 0 aliphatic carbocycles. The van der Waals surface area contributed by atoms with Gasteiger partial charge in [0.15, 0.2) is 0 Å². The maximum atomic E-state index is 13.1. The molecule has 1 aromatic carbocycles. The minimum Gasteiger partial charge on any atom is -0.339 e. The summed E-state index contributed by atoms with van der Waals surface area (Å²) in [5.74, 6) is 0.123. The maximum absolute atomic E-state index is 13.1. The van der Waals surface area contributed by atoms with Gasteiger partial charge in [0, 0.05) is 44.7 Å². The van der Waals surface area contributed by atoms with Crippen LogP contribution >= 0.6 is 0 Å². The number of sulfonamides is 1. The Kier molecular flexibility index (Phi) is 5.50. The van der Waals surface area contributed by atoms with Gasteiger partial charge in [-0.15, -0.1) is 6.58 Å². The Morgan fingerprint density at radius 2 is 1.88 bits per heavy atom. The van der Waals surface area contributed by atoms with E-state index in [0.29, 0.717) is 50.5 Å². The first-order chi connectivity index (χ1) is 12.4. The normalized spacial score (nSPS) is 26.0. The number of likely N-dealkylation sites (tertiary alicyclic amines) is 1. The highest BCUT2D eigenvalue weighted by atomic mass is 32.2. The number of benzene rings is 1. The summed E-state index contributed by atoms with van der Waals surface area (Å²) in [5, 5.41) is 0. The Labute approximate surface area is 156 Å². The third-order valence-corrected chi connectivity index (χ3v) is 7.56. The van der Waals surface area contributed by atoms with Crippen molar-refractivity contribution in [1.29, 1.82) is 0 Å². The molecule has 0 radical (unpaired) electrons. The van der Waals surface area contributed by atoms with Crippen molar-refractivity contribution in [2.75, 3.05) is 39.8 Å². The molecule has 6 nitrogen and oxygen atoms in total. The summed E-state index contributed by atoms with van der Waals surface area (Å²) in [4.78, 5) is 16.8. The number of nitrogens with zero attached hydrogens (tertiary/aromatic N) is 3. The molecule has 0 saturated carbocycles. The summed E-state index contributed by atoms with van der Waals surface area (Å²) in [6.45, 7) is 6.47. The number of piperazine rings is 1. The van der Waals surface area contributed by atoms with Gasteiger partial charge in [0.1, 0.15) is 0 Å². The molecule has 2 saturated heterocycles. The van der Waals surface area contributed by atoms with E-state index in [1.165, 1.54) is 0 Å². The molecule has 26 heavy (non-hydrogen) atoms. The van der Waals surface area contributed by atoms with Crippen LogP contribution in [0.3, 0.4) is 0 Å². The molecule has 0 bridgehead atoms. The van der Waals surface area contributed by atoms with Gasteiger partial charge in [-0.1, -0.05) is 24.3 Å². The first-order valence-corrected chi connectivity index (χ1v) is 10.5. The third kappa shape index (κ3) is 3.56. The van der Waals surface area contributed by atoms with Gasteiger partial charge in [-0.25, -0.2) is 8.42 Å². The molecular formula is C19H27N3O3S. The Morgan fingerprint density at radius 3 is 2.58 bits per heavy atom. The molecule has 2 aliphatic rings. The summed E-state index contributed by atoms with van der Waals surface area (Å²) < 4.78 is 27.7. The van der Waals surface area contributed by atoms with E-state index in [2.05, 4.69) is 11.5 Å². The zero-order chi connectivity index (χ0) is 18.8. The summed E-state index contributed by atoms with van der Waals surface area (Å²) in [6, 6.07) is 8.59. The Morgan fingerprint density at radius 1 is 1.15 bits per heavy atom. The lowest BCUT2D eigenvalue weighted by Crippen LogP contribution is -2.62. The number of carbonyl (C=O) groups is 1. The Hall–Kier alpha value is -1.70. The van der Waals surface area contributed by atoms with E-state index in [0.717, 1.165) is 6.42 Å². The van der Waals surface area contributed by atoms with Crippen LogP contribution in [0.1, 0.15) is 19.3 Å². The van der Waals surface area contributed by atoms with Crippen LogP contribution in [0.4, 0.5) is 0 Å². The summed E-state index contributed by atoms with van der Waals surface area (Å²) in [7, 11) is -1.48. The fourth-order valence-corrected chi connectivity index (χ4v) is 5.48. The van der Waals surface area contributed by atoms with Gasteiger partial charge in [0.05, 0.1) is 4.90 Å². The predicted octanol–water partition coefficient (Wildman–Crippen LogP) is 1.56. The number of hydrogen-bond acceptors (Lipinski definition) is 4. The fraction of sp³-hybridized carbons (Fsp3) is 0.526. The predicted molar refractivity (Wildman–Crippen MR) is 101 cm³/mol. The van der Waals surface area contributed by atoms with Crippen LogP contribution in [0, 0.1) is 0 Å². The number of likely N-dealkylation sites (N-methyl/N-ethyl adjacent to an activating group) is 1. The van der Waals surface area contributed by atoms with Gasteiger partial charge in [-0.2, -0.15) is 4.31 Å². The maximum Gasteiger partial charge on any atom is 0.243 e. The van der Waals surface area contributed by atoms with E-state index in [1.54, 1.807) is 34.6 Å². The number of carbonyl (C=O) groups excluding carboxylic acids is 1. The second-order valence-corrected chi connectivity index (χ2v) is 9.11. The molecule has 1 spiro atoms. The third-order valence-electron chi connectivity index (χ3n) is 5.70. The van der Waals surface area contributed by atoms with Gasteiger partial charge >= 0.3 is 0 Å². The molecule has 2 heterocycles. The van der Waals surface area contributed by atoms with Crippen LogP contribution in [0.25, 0.3) is 0 Å². The molecule has 1 amide bonds. The molecule has 3 rings (SSSR count). The first-order valence-electron chi connectivity index (χ1n) is 9.04. The minimum atomic E-state index is -3.52. The highest BCUT2D eigenvalue weighted by Gasteiger charge is 2.45. The fourth-order valence-electron chi connectivity index (χ4n) is 3.95. The second-order valence-electron chi connectivity index (χ2n) is 7.18. The molecule has 1 atom stereocenters. The van der Waals surface area contributed by atoms with Crippen LogP contribution in [-0.2, 0) is 14.8 Å². The van der Waals surface area contributed by atoms with Crippen molar-refractivity contribution >= 4 is 15.9 Å².